The van der Waals surface area contributed by atoms with Crippen molar-refractivity contribution < 1.29 is 42.9 Å². The molecule has 2 rings (SSSR count). The number of aliphatic carboxylic acids is 3. The van der Waals surface area contributed by atoms with Crippen LogP contribution in [0.3, 0.4) is 0 Å². The monoisotopic (exact) mass is 428 g/mol. The first-order valence-corrected chi connectivity index (χ1v) is 10.1. The summed E-state index contributed by atoms with van der Waals surface area (Å²) in [5.41, 5.74) is -0.0262. The molecule has 4 N–H and O–H groups in total. The average molecular weight is 428 g/mol. The molecule has 0 spiro atoms. The van der Waals surface area contributed by atoms with E-state index in [1.54, 1.807) is 0 Å². The number of carbonyl (C=O) groups excluding carboxylic acids is 1. The van der Waals surface area contributed by atoms with Gasteiger partial charge in [-0.25, -0.2) is 13.2 Å². The Balaban J connectivity index is 2.14. The number of sulfonamides is 1. The fraction of sp³-hybridized carbons (Fsp3) is 0.412. The summed E-state index contributed by atoms with van der Waals surface area (Å²) < 4.78 is 26.3. The maximum absolute atomic E-state index is 12.7. The molecule has 12 heteroatoms. The summed E-state index contributed by atoms with van der Waals surface area (Å²) in [4.78, 5) is 45.0. The van der Waals surface area contributed by atoms with Gasteiger partial charge in [-0.1, -0.05) is 0 Å². The predicted molar refractivity (Wildman–Crippen MR) is 96.8 cm³/mol. The highest BCUT2D eigenvalue weighted by Gasteiger charge is 2.39. The third-order valence-corrected chi connectivity index (χ3v) is 6.38. The second-order valence-corrected chi connectivity index (χ2v) is 8.32. The van der Waals surface area contributed by atoms with Gasteiger partial charge in [-0.2, -0.15) is 4.31 Å². The van der Waals surface area contributed by atoms with Crippen LogP contribution in [0.25, 0.3) is 0 Å². The average Bonchev–Trinajstić information content (AvgIpc) is 3.15. The van der Waals surface area contributed by atoms with Gasteiger partial charge >= 0.3 is 17.9 Å². The molecular weight excluding hydrogens is 408 g/mol. The molecule has 0 aromatic heterocycles. The van der Waals surface area contributed by atoms with E-state index in [0.717, 1.165) is 16.4 Å². The zero-order chi connectivity index (χ0) is 21.8. The Kier molecular flexibility index (Phi) is 6.93. The van der Waals surface area contributed by atoms with Gasteiger partial charge in [0.25, 0.3) is 5.91 Å². The van der Waals surface area contributed by atoms with Gasteiger partial charge in [0.15, 0.2) is 0 Å². The third kappa shape index (κ3) is 5.29. The molecule has 1 aromatic carbocycles. The highest BCUT2D eigenvalue weighted by atomic mass is 32.2. The van der Waals surface area contributed by atoms with Crippen LogP contribution in [0.4, 0.5) is 0 Å². The summed E-state index contributed by atoms with van der Waals surface area (Å²) in [6.45, 7) is 0.0748. The van der Waals surface area contributed by atoms with E-state index < -0.39 is 52.3 Å². The number of carbonyl (C=O) groups is 4. The normalized spacial score (nSPS) is 18.1. The lowest BCUT2D eigenvalue weighted by atomic mass is 10.1. The molecule has 11 nitrogen and oxygen atoms in total. The van der Waals surface area contributed by atoms with Gasteiger partial charge < -0.3 is 20.6 Å². The van der Waals surface area contributed by atoms with E-state index in [2.05, 4.69) is 5.32 Å². The van der Waals surface area contributed by atoms with E-state index in [1.165, 1.54) is 12.1 Å². The predicted octanol–water partition coefficient (Wildman–Crippen LogP) is -0.0279. The molecule has 1 aliphatic heterocycles. The first-order valence-electron chi connectivity index (χ1n) is 8.64. The minimum atomic E-state index is -4.07. The molecule has 1 fully saturated rings. The second kappa shape index (κ2) is 9.01. The molecule has 1 aromatic rings. The zero-order valence-electron chi connectivity index (χ0n) is 15.1. The largest absolute Gasteiger partial charge is 0.481 e. The topological polar surface area (TPSA) is 178 Å². The Hall–Kier alpha value is -2.99. The minimum Gasteiger partial charge on any atom is -0.481 e. The summed E-state index contributed by atoms with van der Waals surface area (Å²) >= 11 is 0. The zero-order valence-corrected chi connectivity index (χ0v) is 16.0. The van der Waals surface area contributed by atoms with Crippen molar-refractivity contribution in [2.45, 2.75) is 42.7 Å². The fourth-order valence-corrected chi connectivity index (χ4v) is 4.61. The van der Waals surface area contributed by atoms with Crippen molar-refractivity contribution in [1.82, 2.24) is 9.62 Å². The number of nitrogens with one attached hydrogen (secondary N) is 1. The Morgan fingerprint density at radius 2 is 1.72 bits per heavy atom. The molecule has 0 aliphatic carbocycles. The molecule has 29 heavy (non-hydrogen) atoms. The molecule has 1 amide bonds. The summed E-state index contributed by atoms with van der Waals surface area (Å²) in [5.74, 6) is -4.64. The lowest BCUT2D eigenvalue weighted by Gasteiger charge is -2.21. The molecule has 0 radical (unpaired) electrons. The minimum absolute atomic E-state index is 0.0262. The van der Waals surface area contributed by atoms with Gasteiger partial charge in [0.05, 0.1) is 4.90 Å². The van der Waals surface area contributed by atoms with E-state index in [0.29, 0.717) is 6.42 Å². The lowest BCUT2D eigenvalue weighted by molar-refractivity contribution is -0.141. The number of nitrogens with zero attached hydrogens (tertiary/aromatic N) is 1. The van der Waals surface area contributed by atoms with Crippen LogP contribution >= 0.6 is 0 Å². The van der Waals surface area contributed by atoms with Gasteiger partial charge in [-0.15, -0.1) is 0 Å². The Labute approximate surface area is 166 Å². The number of hydrogen-bond acceptors (Lipinski definition) is 6. The summed E-state index contributed by atoms with van der Waals surface area (Å²) in [5, 5.41) is 29.1. The SMILES string of the molecule is O=C(O)CCC(NC(=O)c1ccc(S(=O)(=O)N2CCC[C@H]2C(=O)O)cc1)C(=O)O. The van der Waals surface area contributed by atoms with Gasteiger partial charge in [0.2, 0.25) is 10.0 Å². The number of carboxylic acids is 3. The maximum atomic E-state index is 12.7. The number of hydrogen-bond donors (Lipinski definition) is 4. The van der Waals surface area contributed by atoms with Gasteiger partial charge in [0, 0.05) is 18.5 Å². The van der Waals surface area contributed by atoms with E-state index in [4.69, 9.17) is 10.2 Å². The summed E-state index contributed by atoms with van der Waals surface area (Å²) in [6.07, 6.45) is -0.130. The Bertz CT molecular complexity index is 911. The van der Waals surface area contributed by atoms with Crippen LogP contribution in [-0.2, 0) is 24.4 Å². The Morgan fingerprint density at radius 1 is 1.10 bits per heavy atom. The number of benzene rings is 1. The fourth-order valence-electron chi connectivity index (χ4n) is 2.96. The van der Waals surface area contributed by atoms with Crippen LogP contribution in [0.5, 0.6) is 0 Å². The molecule has 0 bridgehead atoms. The first kappa shape index (κ1) is 22.3. The number of amides is 1. The van der Waals surface area contributed by atoms with Crippen molar-refractivity contribution in [3.05, 3.63) is 29.8 Å². The van der Waals surface area contributed by atoms with Crippen molar-refractivity contribution in [3.8, 4) is 0 Å². The van der Waals surface area contributed by atoms with Crippen molar-refractivity contribution in [2.24, 2.45) is 0 Å². The van der Waals surface area contributed by atoms with Gasteiger partial charge in [0.1, 0.15) is 12.1 Å². The number of rotatable bonds is 9. The number of carboxylic acid groups (broad SMARTS) is 3. The quantitative estimate of drug-likeness (QED) is 0.420. The molecule has 2 atom stereocenters. The standard InChI is InChI=1S/C17H20N2O9S/c20-14(21)8-7-12(16(23)24)18-15(22)10-3-5-11(6-4-10)29(27,28)19-9-1-2-13(19)17(25)26/h3-6,12-13H,1-2,7-9H2,(H,18,22)(H,20,21)(H,23,24)(H,25,26)/t12?,13-/m0/s1. The highest BCUT2D eigenvalue weighted by Crippen LogP contribution is 2.26. The molecule has 1 saturated heterocycles. The van der Waals surface area contributed by atoms with Crippen molar-refractivity contribution in [2.75, 3.05) is 6.54 Å². The lowest BCUT2D eigenvalue weighted by Crippen LogP contribution is -2.41. The van der Waals surface area contributed by atoms with E-state index in [9.17, 15) is 32.7 Å². The first-order chi connectivity index (χ1) is 13.5. The van der Waals surface area contributed by atoms with Crippen LogP contribution in [-0.4, -0.2) is 70.5 Å². The molecule has 0 saturated carbocycles. The van der Waals surface area contributed by atoms with Crippen LogP contribution in [0.15, 0.2) is 29.2 Å². The Morgan fingerprint density at radius 3 is 2.24 bits per heavy atom. The highest BCUT2D eigenvalue weighted by molar-refractivity contribution is 7.89. The summed E-state index contributed by atoms with van der Waals surface area (Å²) in [7, 11) is -4.07. The summed E-state index contributed by atoms with van der Waals surface area (Å²) in [6, 6.07) is 2.05. The smallest absolute Gasteiger partial charge is 0.326 e. The van der Waals surface area contributed by atoms with Crippen LogP contribution in [0, 0.1) is 0 Å². The van der Waals surface area contributed by atoms with Crippen molar-refractivity contribution in [1.29, 1.82) is 0 Å². The second-order valence-electron chi connectivity index (χ2n) is 6.43. The van der Waals surface area contributed by atoms with Gasteiger partial charge in [-0.3, -0.25) is 14.4 Å². The van der Waals surface area contributed by atoms with Crippen molar-refractivity contribution in [3.63, 3.8) is 0 Å². The van der Waals surface area contributed by atoms with Crippen LogP contribution in [0.2, 0.25) is 0 Å². The molecule has 1 heterocycles. The molecule has 158 valence electrons. The maximum Gasteiger partial charge on any atom is 0.326 e. The molecule has 1 unspecified atom stereocenters. The van der Waals surface area contributed by atoms with E-state index >= 15 is 0 Å². The van der Waals surface area contributed by atoms with Crippen LogP contribution < -0.4 is 5.32 Å². The molecular formula is C17H20N2O9S. The third-order valence-electron chi connectivity index (χ3n) is 4.46. The van der Waals surface area contributed by atoms with Gasteiger partial charge in [-0.05, 0) is 43.5 Å². The van der Waals surface area contributed by atoms with E-state index in [-0.39, 0.29) is 29.8 Å². The van der Waals surface area contributed by atoms with E-state index in [1.807, 2.05) is 0 Å². The van der Waals surface area contributed by atoms with Crippen LogP contribution in [0.1, 0.15) is 36.0 Å². The molecule has 1 aliphatic rings. The van der Waals surface area contributed by atoms with Crippen molar-refractivity contribution >= 4 is 33.8 Å².